The minimum Gasteiger partial charge on any atom is -0.322 e. The van der Waals surface area contributed by atoms with Gasteiger partial charge >= 0.3 is 0 Å². The lowest BCUT2D eigenvalue weighted by Gasteiger charge is -2.06. The van der Waals surface area contributed by atoms with Crippen LogP contribution in [0.1, 0.15) is 22.5 Å². The Morgan fingerprint density at radius 1 is 1.33 bits per heavy atom. The molecule has 2 rings (SSSR count). The fourth-order valence-electron chi connectivity index (χ4n) is 2.09. The molecule has 0 bridgehead atoms. The van der Waals surface area contributed by atoms with E-state index in [9.17, 15) is 9.18 Å². The van der Waals surface area contributed by atoms with Crippen molar-refractivity contribution in [3.05, 3.63) is 52.6 Å². The summed E-state index contributed by atoms with van der Waals surface area (Å²) in [5.41, 5.74) is 4.05. The van der Waals surface area contributed by atoms with Gasteiger partial charge in [0.15, 0.2) is 0 Å². The zero-order valence-corrected chi connectivity index (χ0v) is 12.6. The maximum Gasteiger partial charge on any atom is 0.248 e. The third-order valence-electron chi connectivity index (χ3n) is 3.42. The van der Waals surface area contributed by atoms with Crippen LogP contribution in [0.25, 0.3) is 6.08 Å². The van der Waals surface area contributed by atoms with Gasteiger partial charge in [0.2, 0.25) is 5.91 Å². The number of nitrogens with zero attached hydrogens (tertiary/aromatic N) is 2. The van der Waals surface area contributed by atoms with Crippen LogP contribution in [0.4, 0.5) is 10.1 Å². The van der Waals surface area contributed by atoms with Gasteiger partial charge in [-0.15, -0.1) is 0 Å². The van der Waals surface area contributed by atoms with Gasteiger partial charge < -0.3 is 5.32 Å². The molecule has 0 aliphatic carbocycles. The summed E-state index contributed by atoms with van der Waals surface area (Å²) in [5.74, 6) is -0.676. The molecule has 1 aromatic heterocycles. The Morgan fingerprint density at radius 2 is 2.05 bits per heavy atom. The number of carbonyl (C=O) groups excluding carboxylic acids is 1. The summed E-state index contributed by atoms with van der Waals surface area (Å²) in [4.78, 5) is 11.9. The highest BCUT2D eigenvalue weighted by Crippen LogP contribution is 2.17. The van der Waals surface area contributed by atoms with Crippen molar-refractivity contribution in [1.82, 2.24) is 9.78 Å². The highest BCUT2D eigenvalue weighted by Gasteiger charge is 2.07. The lowest BCUT2D eigenvalue weighted by Crippen LogP contribution is -2.09. The lowest BCUT2D eigenvalue weighted by atomic mass is 10.1. The molecular weight excluding hydrogens is 269 g/mol. The Morgan fingerprint density at radius 3 is 2.67 bits per heavy atom. The molecule has 0 saturated heterocycles. The molecule has 5 heteroatoms. The Hall–Kier alpha value is -2.43. The number of carbonyl (C=O) groups is 1. The van der Waals surface area contributed by atoms with E-state index in [2.05, 4.69) is 10.4 Å². The van der Waals surface area contributed by atoms with Crippen LogP contribution in [0, 0.1) is 26.6 Å². The molecule has 110 valence electrons. The average molecular weight is 287 g/mol. The van der Waals surface area contributed by atoms with Gasteiger partial charge in [-0.1, -0.05) is 6.07 Å². The van der Waals surface area contributed by atoms with Crippen molar-refractivity contribution >= 4 is 17.7 Å². The Balaban J connectivity index is 2.15. The van der Waals surface area contributed by atoms with E-state index in [-0.39, 0.29) is 11.7 Å². The average Bonchev–Trinajstić information content (AvgIpc) is 2.66. The minimum absolute atomic E-state index is 0.300. The number of aryl methyl sites for hydroxylation is 3. The van der Waals surface area contributed by atoms with Crippen LogP contribution in [0.5, 0.6) is 0 Å². The van der Waals surface area contributed by atoms with Crippen molar-refractivity contribution in [1.29, 1.82) is 0 Å². The maximum absolute atomic E-state index is 13.2. The quantitative estimate of drug-likeness (QED) is 0.882. The molecule has 1 heterocycles. The SMILES string of the molecule is Cc1ccc(F)cc1NC(=O)C=Cc1c(C)nn(C)c1C. The maximum atomic E-state index is 13.2. The number of anilines is 1. The van der Waals surface area contributed by atoms with Crippen LogP contribution < -0.4 is 5.32 Å². The fraction of sp³-hybridized carbons (Fsp3) is 0.250. The van der Waals surface area contributed by atoms with Crippen LogP contribution in [-0.4, -0.2) is 15.7 Å². The molecule has 4 nitrogen and oxygen atoms in total. The lowest BCUT2D eigenvalue weighted by molar-refractivity contribution is -0.111. The standard InChI is InChI=1S/C16H18FN3O/c1-10-5-6-13(17)9-15(10)18-16(21)8-7-14-11(2)19-20(4)12(14)3/h5-9H,1-4H3,(H,18,21). The van der Waals surface area contributed by atoms with Gasteiger partial charge in [0, 0.05) is 30.1 Å². The highest BCUT2D eigenvalue weighted by molar-refractivity contribution is 6.02. The van der Waals surface area contributed by atoms with Crippen molar-refractivity contribution in [2.75, 3.05) is 5.32 Å². The molecule has 0 radical (unpaired) electrons. The van der Waals surface area contributed by atoms with Crippen LogP contribution in [-0.2, 0) is 11.8 Å². The first-order valence-electron chi connectivity index (χ1n) is 6.64. The molecule has 0 saturated carbocycles. The first-order valence-corrected chi connectivity index (χ1v) is 6.64. The minimum atomic E-state index is -0.376. The van der Waals surface area contributed by atoms with Gasteiger partial charge in [-0.05, 0) is 44.5 Å². The molecular formula is C16H18FN3O. The molecule has 0 atom stereocenters. The van der Waals surface area contributed by atoms with Gasteiger partial charge in [-0.2, -0.15) is 5.10 Å². The second-order valence-electron chi connectivity index (χ2n) is 4.99. The molecule has 0 fully saturated rings. The summed E-state index contributed by atoms with van der Waals surface area (Å²) in [7, 11) is 1.86. The Kier molecular flexibility index (Phi) is 4.21. The smallest absolute Gasteiger partial charge is 0.248 e. The van der Waals surface area contributed by atoms with Gasteiger partial charge in [-0.3, -0.25) is 9.48 Å². The zero-order valence-electron chi connectivity index (χ0n) is 12.6. The van der Waals surface area contributed by atoms with Crippen LogP contribution in [0.15, 0.2) is 24.3 Å². The first kappa shape index (κ1) is 15.0. The molecule has 1 aromatic carbocycles. The van der Waals surface area contributed by atoms with E-state index in [4.69, 9.17) is 0 Å². The second kappa shape index (κ2) is 5.91. The monoisotopic (exact) mass is 287 g/mol. The molecule has 1 N–H and O–H groups in total. The molecule has 2 aromatic rings. The van der Waals surface area contributed by atoms with Crippen molar-refractivity contribution in [3.8, 4) is 0 Å². The topological polar surface area (TPSA) is 46.9 Å². The van der Waals surface area contributed by atoms with Crippen LogP contribution in [0.2, 0.25) is 0 Å². The van der Waals surface area contributed by atoms with Gasteiger partial charge in [-0.25, -0.2) is 4.39 Å². The fourth-order valence-corrected chi connectivity index (χ4v) is 2.09. The zero-order chi connectivity index (χ0) is 15.6. The van der Waals surface area contributed by atoms with E-state index in [0.29, 0.717) is 5.69 Å². The van der Waals surface area contributed by atoms with Gasteiger partial charge in [0.25, 0.3) is 0 Å². The van der Waals surface area contributed by atoms with E-state index in [1.165, 1.54) is 18.2 Å². The number of nitrogens with one attached hydrogen (secondary N) is 1. The predicted octanol–water partition coefficient (Wildman–Crippen LogP) is 3.14. The first-order chi connectivity index (χ1) is 9.88. The van der Waals surface area contributed by atoms with Crippen molar-refractivity contribution < 1.29 is 9.18 Å². The van der Waals surface area contributed by atoms with Crippen LogP contribution >= 0.6 is 0 Å². The summed E-state index contributed by atoms with van der Waals surface area (Å²) >= 11 is 0. The van der Waals surface area contributed by atoms with E-state index in [1.807, 2.05) is 27.8 Å². The van der Waals surface area contributed by atoms with E-state index < -0.39 is 0 Å². The number of rotatable bonds is 3. The highest BCUT2D eigenvalue weighted by atomic mass is 19.1. The molecule has 0 spiro atoms. The number of aromatic nitrogens is 2. The van der Waals surface area contributed by atoms with E-state index >= 15 is 0 Å². The number of halogens is 1. The van der Waals surface area contributed by atoms with E-state index in [0.717, 1.165) is 22.5 Å². The van der Waals surface area contributed by atoms with Crippen molar-refractivity contribution in [2.45, 2.75) is 20.8 Å². The molecule has 21 heavy (non-hydrogen) atoms. The summed E-state index contributed by atoms with van der Waals surface area (Å²) in [6.45, 7) is 5.64. The number of hydrogen-bond donors (Lipinski definition) is 1. The summed E-state index contributed by atoms with van der Waals surface area (Å²) < 4.78 is 14.9. The molecule has 1 amide bonds. The molecule has 0 aliphatic heterocycles. The summed E-state index contributed by atoms with van der Waals surface area (Å²) in [6, 6.07) is 4.30. The third-order valence-corrected chi connectivity index (χ3v) is 3.42. The number of amides is 1. The Labute approximate surface area is 123 Å². The van der Waals surface area contributed by atoms with Crippen LogP contribution in [0.3, 0.4) is 0 Å². The summed E-state index contributed by atoms with van der Waals surface area (Å²) in [6.07, 6.45) is 3.16. The third kappa shape index (κ3) is 3.37. The van der Waals surface area contributed by atoms with Gasteiger partial charge in [0.05, 0.1) is 5.69 Å². The Bertz CT molecular complexity index is 717. The number of hydrogen-bond acceptors (Lipinski definition) is 2. The number of benzene rings is 1. The van der Waals surface area contributed by atoms with Crippen molar-refractivity contribution in [3.63, 3.8) is 0 Å². The molecule has 0 aliphatic rings. The van der Waals surface area contributed by atoms with Gasteiger partial charge in [0.1, 0.15) is 5.82 Å². The molecule has 0 unspecified atom stereocenters. The summed E-state index contributed by atoms with van der Waals surface area (Å²) in [5, 5.41) is 6.96. The van der Waals surface area contributed by atoms with Crippen molar-refractivity contribution in [2.24, 2.45) is 7.05 Å². The normalized spacial score (nSPS) is 11.1. The van der Waals surface area contributed by atoms with E-state index in [1.54, 1.807) is 16.8 Å². The second-order valence-corrected chi connectivity index (χ2v) is 4.99. The largest absolute Gasteiger partial charge is 0.322 e. The predicted molar refractivity (Wildman–Crippen MR) is 81.5 cm³/mol.